The van der Waals surface area contributed by atoms with E-state index in [9.17, 15) is 0 Å². The first kappa shape index (κ1) is 17.4. The molecule has 3 heterocycles. The third-order valence-corrected chi connectivity index (χ3v) is 4.37. The zero-order valence-electron chi connectivity index (χ0n) is 15.1. The third kappa shape index (κ3) is 4.81. The van der Waals surface area contributed by atoms with Crippen molar-refractivity contribution in [3.63, 3.8) is 0 Å². The van der Waals surface area contributed by atoms with Gasteiger partial charge < -0.3 is 15.4 Å². The predicted molar refractivity (Wildman–Crippen MR) is 105 cm³/mol. The van der Waals surface area contributed by atoms with E-state index >= 15 is 0 Å². The highest BCUT2D eigenvalue weighted by molar-refractivity contribution is 5.57. The number of morpholine rings is 1. The average Bonchev–Trinajstić information content (AvgIpc) is 3.18. The zero-order valence-corrected chi connectivity index (χ0v) is 15.1. The van der Waals surface area contributed by atoms with Gasteiger partial charge in [-0.3, -0.25) is 4.90 Å². The second-order valence-corrected chi connectivity index (χ2v) is 6.28. The number of hydrogen-bond donors (Lipinski definition) is 2. The van der Waals surface area contributed by atoms with Crippen molar-refractivity contribution in [3.8, 4) is 5.69 Å². The fourth-order valence-corrected chi connectivity index (χ4v) is 2.93. The first-order chi connectivity index (χ1) is 13.4. The Labute approximate surface area is 158 Å². The molecule has 1 aromatic carbocycles. The van der Waals surface area contributed by atoms with Crippen molar-refractivity contribution in [1.82, 2.24) is 24.6 Å². The molecule has 1 aliphatic heterocycles. The van der Waals surface area contributed by atoms with Gasteiger partial charge >= 0.3 is 0 Å². The highest BCUT2D eigenvalue weighted by Gasteiger charge is 2.09. The van der Waals surface area contributed by atoms with Crippen molar-refractivity contribution in [2.75, 3.05) is 50.0 Å². The van der Waals surface area contributed by atoms with Crippen molar-refractivity contribution < 1.29 is 4.74 Å². The second-order valence-electron chi connectivity index (χ2n) is 6.28. The molecule has 0 bridgehead atoms. The van der Waals surface area contributed by atoms with E-state index in [1.165, 1.54) is 0 Å². The van der Waals surface area contributed by atoms with E-state index in [0.717, 1.165) is 56.6 Å². The number of hydrogen-bond acceptors (Lipinski definition) is 7. The highest BCUT2D eigenvalue weighted by Crippen LogP contribution is 2.16. The van der Waals surface area contributed by atoms with Crippen LogP contribution in [0.3, 0.4) is 0 Å². The molecule has 0 radical (unpaired) electrons. The van der Waals surface area contributed by atoms with Crippen LogP contribution < -0.4 is 10.6 Å². The number of para-hydroxylation sites is 1. The van der Waals surface area contributed by atoms with E-state index in [4.69, 9.17) is 4.74 Å². The van der Waals surface area contributed by atoms with Gasteiger partial charge in [-0.05, 0) is 18.2 Å². The van der Waals surface area contributed by atoms with Crippen LogP contribution in [-0.2, 0) is 4.74 Å². The lowest BCUT2D eigenvalue weighted by Gasteiger charge is -2.26. The first-order valence-electron chi connectivity index (χ1n) is 9.11. The Morgan fingerprint density at radius 3 is 2.74 bits per heavy atom. The van der Waals surface area contributed by atoms with Crippen LogP contribution in [0.5, 0.6) is 0 Å². The standard InChI is InChI=1S/C19H23N7O/c1-2-4-17(5-3-1)26-15-22-19(24-26)23-16-6-7-20-18(14-16)21-8-9-25-10-12-27-13-11-25/h1-7,14-15H,8-13H2,(H2,20,21,23,24). The SMILES string of the molecule is c1ccc(-n2cnc(Nc3ccnc(NCCN4CCOCC4)c3)n2)cc1. The molecule has 0 atom stereocenters. The number of anilines is 3. The molecule has 140 valence electrons. The Balaban J connectivity index is 1.33. The molecule has 2 aromatic heterocycles. The minimum absolute atomic E-state index is 0.546. The van der Waals surface area contributed by atoms with Crippen molar-refractivity contribution in [2.24, 2.45) is 0 Å². The number of rotatable bonds is 7. The Morgan fingerprint density at radius 1 is 1.04 bits per heavy atom. The summed E-state index contributed by atoms with van der Waals surface area (Å²) in [7, 11) is 0. The molecule has 27 heavy (non-hydrogen) atoms. The normalized spacial score (nSPS) is 14.8. The number of nitrogens with zero attached hydrogens (tertiary/aromatic N) is 5. The van der Waals surface area contributed by atoms with Crippen LogP contribution in [0.25, 0.3) is 5.69 Å². The molecule has 0 aliphatic carbocycles. The van der Waals surface area contributed by atoms with Crippen LogP contribution in [0.1, 0.15) is 0 Å². The van der Waals surface area contributed by atoms with Gasteiger partial charge in [-0.15, -0.1) is 5.10 Å². The maximum Gasteiger partial charge on any atom is 0.246 e. The number of nitrogens with one attached hydrogen (secondary N) is 2. The minimum Gasteiger partial charge on any atom is -0.379 e. The van der Waals surface area contributed by atoms with E-state index in [1.807, 2.05) is 42.5 Å². The Morgan fingerprint density at radius 2 is 1.89 bits per heavy atom. The Hall–Kier alpha value is -2.97. The van der Waals surface area contributed by atoms with Crippen molar-refractivity contribution >= 4 is 17.5 Å². The molecular formula is C19H23N7O. The van der Waals surface area contributed by atoms with Crippen molar-refractivity contribution in [2.45, 2.75) is 0 Å². The van der Waals surface area contributed by atoms with Crippen molar-refractivity contribution in [1.29, 1.82) is 0 Å². The summed E-state index contributed by atoms with van der Waals surface area (Å²) < 4.78 is 7.11. The summed E-state index contributed by atoms with van der Waals surface area (Å²) in [5, 5.41) is 11.1. The van der Waals surface area contributed by atoms with Gasteiger partial charge in [0.05, 0.1) is 18.9 Å². The number of aromatic nitrogens is 4. The van der Waals surface area contributed by atoms with Crippen LogP contribution in [0, 0.1) is 0 Å². The number of pyridine rings is 1. The largest absolute Gasteiger partial charge is 0.379 e. The highest BCUT2D eigenvalue weighted by atomic mass is 16.5. The van der Waals surface area contributed by atoms with E-state index in [1.54, 1.807) is 17.2 Å². The van der Waals surface area contributed by atoms with E-state index in [-0.39, 0.29) is 0 Å². The molecule has 1 saturated heterocycles. The van der Waals surface area contributed by atoms with Crippen LogP contribution in [-0.4, -0.2) is 64.0 Å². The molecule has 4 rings (SSSR count). The van der Waals surface area contributed by atoms with E-state index in [2.05, 4.69) is 30.6 Å². The molecule has 2 N–H and O–H groups in total. The fraction of sp³-hybridized carbons (Fsp3) is 0.316. The molecule has 8 heteroatoms. The van der Waals surface area contributed by atoms with Gasteiger partial charge in [0.2, 0.25) is 5.95 Å². The van der Waals surface area contributed by atoms with Gasteiger partial charge in [-0.25, -0.2) is 9.67 Å². The Kier molecular flexibility index (Phi) is 5.56. The first-order valence-corrected chi connectivity index (χ1v) is 9.11. The van der Waals surface area contributed by atoms with Gasteiger partial charge in [-0.1, -0.05) is 18.2 Å². The van der Waals surface area contributed by atoms with Crippen LogP contribution in [0.2, 0.25) is 0 Å². The summed E-state index contributed by atoms with van der Waals surface area (Å²) in [6.45, 7) is 5.45. The molecule has 0 saturated carbocycles. The maximum absolute atomic E-state index is 5.37. The summed E-state index contributed by atoms with van der Waals surface area (Å²) in [6.07, 6.45) is 3.47. The lowest BCUT2D eigenvalue weighted by atomic mass is 10.3. The maximum atomic E-state index is 5.37. The van der Waals surface area contributed by atoms with Crippen LogP contribution in [0.4, 0.5) is 17.5 Å². The number of ether oxygens (including phenoxy) is 1. The van der Waals surface area contributed by atoms with Gasteiger partial charge in [0.15, 0.2) is 0 Å². The molecule has 0 unspecified atom stereocenters. The minimum atomic E-state index is 0.546. The zero-order chi connectivity index (χ0) is 18.3. The average molecular weight is 365 g/mol. The lowest BCUT2D eigenvalue weighted by molar-refractivity contribution is 0.0398. The monoisotopic (exact) mass is 365 g/mol. The Bertz CT molecular complexity index is 846. The van der Waals surface area contributed by atoms with E-state index in [0.29, 0.717) is 5.95 Å². The molecule has 0 amide bonds. The second kappa shape index (κ2) is 8.61. The van der Waals surface area contributed by atoms with Gasteiger partial charge in [0, 0.05) is 44.1 Å². The molecule has 1 fully saturated rings. The van der Waals surface area contributed by atoms with Gasteiger partial charge in [0.1, 0.15) is 12.1 Å². The smallest absolute Gasteiger partial charge is 0.246 e. The quantitative estimate of drug-likeness (QED) is 0.664. The summed E-state index contributed by atoms with van der Waals surface area (Å²) in [6, 6.07) is 13.8. The molecule has 8 nitrogen and oxygen atoms in total. The summed E-state index contributed by atoms with van der Waals surface area (Å²) in [4.78, 5) is 11.1. The molecular weight excluding hydrogens is 342 g/mol. The van der Waals surface area contributed by atoms with Crippen LogP contribution >= 0.6 is 0 Å². The third-order valence-electron chi connectivity index (χ3n) is 4.37. The summed E-state index contributed by atoms with van der Waals surface area (Å²) in [5.74, 6) is 1.38. The van der Waals surface area contributed by atoms with Gasteiger partial charge in [-0.2, -0.15) is 4.98 Å². The van der Waals surface area contributed by atoms with Crippen molar-refractivity contribution in [3.05, 3.63) is 55.0 Å². The molecule has 1 aliphatic rings. The molecule has 0 spiro atoms. The lowest BCUT2D eigenvalue weighted by Crippen LogP contribution is -2.39. The van der Waals surface area contributed by atoms with Crippen LogP contribution in [0.15, 0.2) is 55.0 Å². The summed E-state index contributed by atoms with van der Waals surface area (Å²) in [5.41, 5.74) is 1.86. The van der Waals surface area contributed by atoms with E-state index < -0.39 is 0 Å². The predicted octanol–water partition coefficient (Wildman–Crippen LogP) is 2.15. The topological polar surface area (TPSA) is 80.1 Å². The summed E-state index contributed by atoms with van der Waals surface area (Å²) >= 11 is 0. The fourth-order valence-electron chi connectivity index (χ4n) is 2.93. The molecule has 3 aromatic rings. The number of benzene rings is 1. The van der Waals surface area contributed by atoms with Gasteiger partial charge in [0.25, 0.3) is 0 Å².